The standard InChI is InChI=1S/C20H25N3O/c1-3-5-9-16(4-2)20(24)21-17-12-14-19(15-13-17)23-22-18-10-7-6-8-11-18/h6-8,10-16H,3-5,9H2,1-2H3,(H,21,24). The summed E-state index contributed by atoms with van der Waals surface area (Å²) < 4.78 is 0. The summed E-state index contributed by atoms with van der Waals surface area (Å²) in [6, 6.07) is 17.0. The second-order valence-electron chi connectivity index (χ2n) is 5.82. The highest BCUT2D eigenvalue weighted by Gasteiger charge is 2.15. The third kappa shape index (κ3) is 5.61. The Bertz CT molecular complexity index is 650. The first-order chi connectivity index (χ1) is 11.7. The van der Waals surface area contributed by atoms with E-state index in [0.29, 0.717) is 0 Å². The van der Waals surface area contributed by atoms with E-state index in [9.17, 15) is 4.79 Å². The molecule has 0 saturated carbocycles. The molecule has 0 aliphatic carbocycles. The molecule has 2 rings (SSSR count). The van der Waals surface area contributed by atoms with Crippen molar-refractivity contribution in [3.05, 3.63) is 54.6 Å². The number of nitrogens with zero attached hydrogens (tertiary/aromatic N) is 2. The predicted octanol–water partition coefficient (Wildman–Crippen LogP) is 6.26. The first kappa shape index (κ1) is 17.9. The van der Waals surface area contributed by atoms with Crippen molar-refractivity contribution in [2.75, 3.05) is 5.32 Å². The van der Waals surface area contributed by atoms with Crippen LogP contribution in [0.4, 0.5) is 17.1 Å². The van der Waals surface area contributed by atoms with Gasteiger partial charge in [-0.15, -0.1) is 0 Å². The van der Waals surface area contributed by atoms with Crippen molar-refractivity contribution in [1.82, 2.24) is 0 Å². The molecule has 0 radical (unpaired) electrons. The molecule has 24 heavy (non-hydrogen) atoms. The summed E-state index contributed by atoms with van der Waals surface area (Å²) in [5.41, 5.74) is 2.38. The molecule has 1 N–H and O–H groups in total. The number of amides is 1. The number of rotatable bonds is 8. The fraction of sp³-hybridized carbons (Fsp3) is 0.350. The van der Waals surface area contributed by atoms with Gasteiger partial charge in [0.2, 0.25) is 5.91 Å². The number of hydrogen-bond donors (Lipinski definition) is 1. The second kappa shape index (κ2) is 9.60. The number of azo groups is 1. The number of anilines is 1. The van der Waals surface area contributed by atoms with E-state index in [1.54, 1.807) is 0 Å². The van der Waals surface area contributed by atoms with E-state index >= 15 is 0 Å². The Morgan fingerprint density at radius 2 is 1.58 bits per heavy atom. The fourth-order valence-electron chi connectivity index (χ4n) is 2.44. The number of benzene rings is 2. The Hall–Kier alpha value is -2.49. The summed E-state index contributed by atoms with van der Waals surface area (Å²) in [5, 5.41) is 11.4. The van der Waals surface area contributed by atoms with Crippen LogP contribution in [0, 0.1) is 5.92 Å². The van der Waals surface area contributed by atoms with Crippen molar-refractivity contribution in [3.8, 4) is 0 Å². The molecule has 0 heterocycles. The molecule has 0 aliphatic heterocycles. The Morgan fingerprint density at radius 3 is 2.17 bits per heavy atom. The minimum atomic E-state index is 0.0856. The third-order valence-corrected chi connectivity index (χ3v) is 3.94. The smallest absolute Gasteiger partial charge is 0.227 e. The zero-order valence-electron chi connectivity index (χ0n) is 14.4. The molecular formula is C20H25N3O. The van der Waals surface area contributed by atoms with E-state index in [-0.39, 0.29) is 11.8 Å². The van der Waals surface area contributed by atoms with Gasteiger partial charge in [-0.25, -0.2) is 0 Å². The van der Waals surface area contributed by atoms with Crippen LogP contribution in [0.2, 0.25) is 0 Å². The maximum absolute atomic E-state index is 12.3. The van der Waals surface area contributed by atoms with Gasteiger partial charge in [0, 0.05) is 11.6 Å². The van der Waals surface area contributed by atoms with E-state index < -0.39 is 0 Å². The van der Waals surface area contributed by atoms with E-state index in [0.717, 1.165) is 42.7 Å². The van der Waals surface area contributed by atoms with Crippen LogP contribution in [0.25, 0.3) is 0 Å². The lowest BCUT2D eigenvalue weighted by Crippen LogP contribution is -2.22. The molecule has 1 atom stereocenters. The predicted molar refractivity (Wildman–Crippen MR) is 99.0 cm³/mol. The lowest BCUT2D eigenvalue weighted by atomic mass is 9.98. The first-order valence-electron chi connectivity index (χ1n) is 8.60. The van der Waals surface area contributed by atoms with Crippen molar-refractivity contribution < 1.29 is 4.79 Å². The van der Waals surface area contributed by atoms with Gasteiger partial charge in [-0.1, -0.05) is 44.9 Å². The molecule has 4 heteroatoms. The second-order valence-corrected chi connectivity index (χ2v) is 5.82. The Balaban J connectivity index is 1.94. The molecule has 0 saturated heterocycles. The van der Waals surface area contributed by atoms with Crippen LogP contribution < -0.4 is 5.32 Å². The molecule has 0 spiro atoms. The Morgan fingerprint density at radius 1 is 0.958 bits per heavy atom. The highest BCUT2D eigenvalue weighted by atomic mass is 16.1. The van der Waals surface area contributed by atoms with Gasteiger partial charge in [0.15, 0.2) is 0 Å². The minimum Gasteiger partial charge on any atom is -0.326 e. The topological polar surface area (TPSA) is 53.8 Å². The van der Waals surface area contributed by atoms with E-state index in [1.807, 2.05) is 54.6 Å². The van der Waals surface area contributed by atoms with E-state index in [1.165, 1.54) is 0 Å². The highest BCUT2D eigenvalue weighted by Crippen LogP contribution is 2.21. The molecule has 1 unspecified atom stereocenters. The lowest BCUT2D eigenvalue weighted by molar-refractivity contribution is -0.120. The van der Waals surface area contributed by atoms with Crippen LogP contribution in [0.1, 0.15) is 39.5 Å². The number of carbonyl (C=O) groups excluding carboxylic acids is 1. The fourth-order valence-corrected chi connectivity index (χ4v) is 2.44. The summed E-state index contributed by atoms with van der Waals surface area (Å²) in [4.78, 5) is 12.3. The van der Waals surface area contributed by atoms with Gasteiger partial charge >= 0.3 is 0 Å². The van der Waals surface area contributed by atoms with Crippen LogP contribution in [0.5, 0.6) is 0 Å². The monoisotopic (exact) mass is 323 g/mol. The normalized spacial score (nSPS) is 12.2. The summed E-state index contributed by atoms with van der Waals surface area (Å²) in [5.74, 6) is 0.187. The molecule has 0 bridgehead atoms. The Labute approximate surface area is 144 Å². The van der Waals surface area contributed by atoms with Gasteiger partial charge in [0.1, 0.15) is 0 Å². The summed E-state index contributed by atoms with van der Waals surface area (Å²) in [6.07, 6.45) is 4.02. The summed E-state index contributed by atoms with van der Waals surface area (Å²) in [6.45, 7) is 4.21. The van der Waals surface area contributed by atoms with Gasteiger partial charge in [0.25, 0.3) is 0 Å². The largest absolute Gasteiger partial charge is 0.326 e. The molecule has 2 aromatic rings. The zero-order valence-corrected chi connectivity index (χ0v) is 14.4. The molecule has 1 amide bonds. The summed E-state index contributed by atoms with van der Waals surface area (Å²) >= 11 is 0. The summed E-state index contributed by atoms with van der Waals surface area (Å²) in [7, 11) is 0. The van der Waals surface area contributed by atoms with Gasteiger partial charge in [-0.05, 0) is 49.2 Å². The van der Waals surface area contributed by atoms with Crippen molar-refractivity contribution in [3.63, 3.8) is 0 Å². The van der Waals surface area contributed by atoms with Crippen LogP contribution in [-0.2, 0) is 4.79 Å². The van der Waals surface area contributed by atoms with Gasteiger partial charge in [0.05, 0.1) is 11.4 Å². The first-order valence-corrected chi connectivity index (χ1v) is 8.60. The van der Waals surface area contributed by atoms with E-state index in [2.05, 4.69) is 29.4 Å². The maximum Gasteiger partial charge on any atom is 0.227 e. The lowest BCUT2D eigenvalue weighted by Gasteiger charge is -2.14. The zero-order chi connectivity index (χ0) is 17.2. The van der Waals surface area contributed by atoms with Crippen molar-refractivity contribution in [1.29, 1.82) is 0 Å². The number of hydrogen-bond acceptors (Lipinski definition) is 3. The number of unbranched alkanes of at least 4 members (excludes halogenated alkanes) is 1. The maximum atomic E-state index is 12.3. The van der Waals surface area contributed by atoms with Crippen LogP contribution in [-0.4, -0.2) is 5.91 Å². The van der Waals surface area contributed by atoms with Gasteiger partial charge < -0.3 is 5.32 Å². The Kier molecular flexibility index (Phi) is 7.15. The molecule has 0 aliphatic rings. The SMILES string of the molecule is CCCCC(CC)C(=O)Nc1ccc(N=Nc2ccccc2)cc1. The molecule has 0 aromatic heterocycles. The van der Waals surface area contributed by atoms with Crippen LogP contribution >= 0.6 is 0 Å². The average Bonchev–Trinajstić information content (AvgIpc) is 2.62. The van der Waals surface area contributed by atoms with Gasteiger partial charge in [-0.2, -0.15) is 10.2 Å². The quantitative estimate of drug-likeness (QED) is 0.573. The molecule has 4 nitrogen and oxygen atoms in total. The van der Waals surface area contributed by atoms with Gasteiger partial charge in [-0.3, -0.25) is 4.79 Å². The van der Waals surface area contributed by atoms with Crippen molar-refractivity contribution in [2.24, 2.45) is 16.1 Å². The van der Waals surface area contributed by atoms with Crippen molar-refractivity contribution in [2.45, 2.75) is 39.5 Å². The third-order valence-electron chi connectivity index (χ3n) is 3.94. The number of carbonyl (C=O) groups is 1. The molecular weight excluding hydrogens is 298 g/mol. The number of nitrogens with one attached hydrogen (secondary N) is 1. The minimum absolute atomic E-state index is 0.0856. The highest BCUT2D eigenvalue weighted by molar-refractivity contribution is 5.92. The van der Waals surface area contributed by atoms with E-state index in [4.69, 9.17) is 0 Å². The van der Waals surface area contributed by atoms with Crippen LogP contribution in [0.15, 0.2) is 64.8 Å². The van der Waals surface area contributed by atoms with Crippen molar-refractivity contribution >= 4 is 23.0 Å². The molecule has 0 fully saturated rings. The molecule has 2 aromatic carbocycles. The molecule has 126 valence electrons. The average molecular weight is 323 g/mol. The van der Waals surface area contributed by atoms with Crippen LogP contribution in [0.3, 0.4) is 0 Å².